The van der Waals surface area contributed by atoms with Crippen LogP contribution in [0.1, 0.15) is 16.7 Å². The summed E-state index contributed by atoms with van der Waals surface area (Å²) in [7, 11) is 0. The van der Waals surface area contributed by atoms with E-state index in [-0.39, 0.29) is 5.91 Å². The summed E-state index contributed by atoms with van der Waals surface area (Å²) in [4.78, 5) is 16.0. The molecule has 29 heavy (non-hydrogen) atoms. The van der Waals surface area contributed by atoms with Crippen LogP contribution in [0.4, 0.5) is 5.69 Å². The highest BCUT2D eigenvalue weighted by Crippen LogP contribution is 2.20. The molecule has 1 amide bonds. The predicted octanol–water partition coefficient (Wildman–Crippen LogP) is 4.85. The summed E-state index contributed by atoms with van der Waals surface area (Å²) in [5.74, 6) is 0.335. The molecule has 4 aromatic rings. The molecule has 0 bridgehead atoms. The molecule has 0 spiro atoms. The first-order chi connectivity index (χ1) is 14.1. The van der Waals surface area contributed by atoms with Gasteiger partial charge in [0, 0.05) is 5.69 Å². The molecule has 0 fully saturated rings. The number of carbonyl (C=O) groups excluding carboxylic acids is 1. The number of aromatic amines is 1. The molecule has 0 unspecified atom stereocenters. The molecule has 0 aliphatic heterocycles. The zero-order valence-electron chi connectivity index (χ0n) is 16.6. The second kappa shape index (κ2) is 8.53. The third kappa shape index (κ3) is 4.51. The van der Waals surface area contributed by atoms with Crippen LogP contribution < -0.4 is 9.88 Å². The van der Waals surface area contributed by atoms with Gasteiger partial charge in [0.1, 0.15) is 6.54 Å². The van der Waals surface area contributed by atoms with Gasteiger partial charge in [-0.15, -0.1) is 0 Å². The highest BCUT2D eigenvalue weighted by atomic mass is 32.2. The average molecular weight is 403 g/mol. The highest BCUT2D eigenvalue weighted by Gasteiger charge is 2.20. The molecule has 1 aromatic heterocycles. The fourth-order valence-corrected chi connectivity index (χ4v) is 4.26. The molecular weight excluding hydrogens is 378 g/mol. The molecule has 0 atom stereocenters. The van der Waals surface area contributed by atoms with E-state index in [1.54, 1.807) is 0 Å². The molecule has 5 heteroatoms. The number of carbonyl (C=O) groups is 1. The van der Waals surface area contributed by atoms with E-state index in [4.69, 9.17) is 0 Å². The van der Waals surface area contributed by atoms with Gasteiger partial charge >= 0.3 is 5.16 Å². The topological polar surface area (TPSA) is 48.8 Å². The van der Waals surface area contributed by atoms with E-state index in [0.717, 1.165) is 34.0 Å². The smallest absolute Gasteiger partial charge is 0.317 e. The molecule has 4 nitrogen and oxygen atoms in total. The van der Waals surface area contributed by atoms with Crippen molar-refractivity contribution in [1.29, 1.82) is 0 Å². The van der Waals surface area contributed by atoms with Crippen molar-refractivity contribution in [3.63, 3.8) is 0 Å². The van der Waals surface area contributed by atoms with E-state index in [0.29, 0.717) is 5.75 Å². The van der Waals surface area contributed by atoms with Gasteiger partial charge in [-0.2, -0.15) is 0 Å². The number of hydrogen-bond donors (Lipinski definition) is 2. The molecular formula is C24H24N3OS+. The Morgan fingerprint density at radius 3 is 2.55 bits per heavy atom. The van der Waals surface area contributed by atoms with Crippen LogP contribution in [-0.2, 0) is 11.3 Å². The first kappa shape index (κ1) is 19.3. The number of H-pyrrole nitrogens is 1. The molecule has 2 N–H and O–H groups in total. The van der Waals surface area contributed by atoms with Crippen LogP contribution in [-0.4, -0.2) is 16.6 Å². The van der Waals surface area contributed by atoms with Crippen LogP contribution in [0.15, 0.2) is 78.0 Å². The zero-order chi connectivity index (χ0) is 20.2. The van der Waals surface area contributed by atoms with Crippen LogP contribution >= 0.6 is 11.8 Å². The Bertz CT molecular complexity index is 1150. The number of fused-ring (bicyclic) bond motifs is 1. The van der Waals surface area contributed by atoms with Crippen molar-refractivity contribution >= 4 is 34.4 Å². The monoisotopic (exact) mass is 402 g/mol. The van der Waals surface area contributed by atoms with E-state index in [9.17, 15) is 4.79 Å². The fraction of sp³-hybridized carbons (Fsp3) is 0.167. The molecule has 1 heterocycles. The fourth-order valence-electron chi connectivity index (χ4n) is 3.42. The van der Waals surface area contributed by atoms with Crippen LogP contribution in [0.25, 0.3) is 11.0 Å². The number of amides is 1. The molecule has 0 aliphatic rings. The number of hydrogen-bond acceptors (Lipinski definition) is 2. The summed E-state index contributed by atoms with van der Waals surface area (Å²) in [6.07, 6.45) is 0. The maximum atomic E-state index is 12.6. The predicted molar refractivity (Wildman–Crippen MR) is 119 cm³/mol. The summed E-state index contributed by atoms with van der Waals surface area (Å²) in [6.45, 7) is 4.82. The third-order valence-electron chi connectivity index (χ3n) is 4.86. The van der Waals surface area contributed by atoms with Crippen molar-refractivity contribution in [2.45, 2.75) is 25.5 Å². The Hall–Kier alpha value is -3.05. The van der Waals surface area contributed by atoms with Crippen LogP contribution in [0.3, 0.4) is 0 Å². The lowest BCUT2D eigenvalue weighted by molar-refractivity contribution is -0.700. The Labute approximate surface area is 175 Å². The van der Waals surface area contributed by atoms with Gasteiger partial charge in [0.15, 0.2) is 11.0 Å². The summed E-state index contributed by atoms with van der Waals surface area (Å²) in [5, 5.41) is 4.01. The second-order valence-electron chi connectivity index (χ2n) is 7.17. The van der Waals surface area contributed by atoms with E-state index in [2.05, 4.69) is 64.3 Å². The first-order valence-electron chi connectivity index (χ1n) is 9.64. The van der Waals surface area contributed by atoms with Crippen molar-refractivity contribution in [1.82, 2.24) is 4.98 Å². The standard InChI is InChI=1S/C24H23N3OS/c1-17-12-13-20(18(2)14-17)25-23(28)16-29-24-26-21-10-6-7-11-22(21)27(24)15-19-8-4-3-5-9-19/h3-14H,15-16H2,1-2H3,(H,25,28)/p+1. The van der Waals surface area contributed by atoms with E-state index < -0.39 is 0 Å². The number of rotatable bonds is 6. The molecule has 0 saturated heterocycles. The van der Waals surface area contributed by atoms with E-state index >= 15 is 0 Å². The largest absolute Gasteiger partial charge is 0.325 e. The Morgan fingerprint density at radius 2 is 1.76 bits per heavy atom. The van der Waals surface area contributed by atoms with Crippen molar-refractivity contribution < 1.29 is 9.36 Å². The minimum Gasteiger partial charge on any atom is -0.325 e. The molecule has 146 valence electrons. The van der Waals surface area contributed by atoms with Gasteiger partial charge in [-0.3, -0.25) is 4.79 Å². The van der Waals surface area contributed by atoms with Crippen LogP contribution in [0, 0.1) is 13.8 Å². The first-order valence-corrected chi connectivity index (χ1v) is 10.6. The minimum atomic E-state index is -0.00753. The van der Waals surface area contributed by atoms with E-state index in [1.165, 1.54) is 22.9 Å². The molecule has 0 saturated carbocycles. The number of nitrogens with zero attached hydrogens (tertiary/aromatic N) is 1. The highest BCUT2D eigenvalue weighted by molar-refractivity contribution is 7.99. The van der Waals surface area contributed by atoms with Crippen molar-refractivity contribution in [3.8, 4) is 0 Å². The van der Waals surface area contributed by atoms with Crippen molar-refractivity contribution in [2.75, 3.05) is 11.1 Å². The quantitative estimate of drug-likeness (QED) is 0.358. The lowest BCUT2D eigenvalue weighted by Gasteiger charge is -2.08. The van der Waals surface area contributed by atoms with Crippen LogP contribution in [0.2, 0.25) is 0 Å². The molecule has 3 aromatic carbocycles. The summed E-state index contributed by atoms with van der Waals surface area (Å²) in [5.41, 5.74) is 6.57. The maximum Gasteiger partial charge on any atom is 0.317 e. The SMILES string of the molecule is Cc1ccc(NC(=O)CSc2[nH]c3ccccc3[n+]2Cc2ccccc2)c(C)c1. The van der Waals surface area contributed by atoms with Gasteiger partial charge in [-0.05, 0) is 54.9 Å². The Morgan fingerprint density at radius 1 is 1.00 bits per heavy atom. The molecule has 0 radical (unpaired) electrons. The van der Waals surface area contributed by atoms with Gasteiger partial charge in [0.05, 0.1) is 5.75 Å². The summed E-state index contributed by atoms with van der Waals surface area (Å²) in [6, 6.07) is 24.7. The number of nitrogens with one attached hydrogen (secondary N) is 2. The average Bonchev–Trinajstić information content (AvgIpc) is 3.07. The van der Waals surface area contributed by atoms with Gasteiger partial charge in [-0.1, -0.05) is 60.2 Å². The third-order valence-corrected chi connectivity index (χ3v) is 5.86. The van der Waals surface area contributed by atoms with E-state index in [1.807, 2.05) is 37.3 Å². The summed E-state index contributed by atoms with van der Waals surface area (Å²) >= 11 is 1.52. The van der Waals surface area contributed by atoms with Crippen molar-refractivity contribution in [3.05, 3.63) is 89.5 Å². The minimum absolute atomic E-state index is 0.00753. The number of aromatic nitrogens is 2. The number of para-hydroxylation sites is 2. The van der Waals surface area contributed by atoms with Crippen molar-refractivity contribution in [2.24, 2.45) is 0 Å². The second-order valence-corrected chi connectivity index (χ2v) is 8.14. The lowest BCUT2D eigenvalue weighted by atomic mass is 10.1. The van der Waals surface area contributed by atoms with Gasteiger partial charge in [0.25, 0.3) is 0 Å². The van der Waals surface area contributed by atoms with Gasteiger partial charge < -0.3 is 5.32 Å². The Balaban J connectivity index is 1.52. The van der Waals surface area contributed by atoms with Gasteiger partial charge in [0.2, 0.25) is 5.91 Å². The lowest BCUT2D eigenvalue weighted by Crippen LogP contribution is -2.35. The number of anilines is 1. The van der Waals surface area contributed by atoms with Crippen LogP contribution in [0.5, 0.6) is 0 Å². The number of benzene rings is 3. The molecule has 4 rings (SSSR count). The molecule has 0 aliphatic carbocycles. The normalized spacial score (nSPS) is 11.0. The maximum absolute atomic E-state index is 12.6. The zero-order valence-corrected chi connectivity index (χ0v) is 17.4. The Kier molecular flexibility index (Phi) is 5.67. The van der Waals surface area contributed by atoms with Gasteiger partial charge in [-0.25, -0.2) is 9.55 Å². The number of aryl methyl sites for hydroxylation is 2. The number of imidazole rings is 1. The summed E-state index contributed by atoms with van der Waals surface area (Å²) < 4.78 is 2.24. The number of thioether (sulfide) groups is 1.